The number of para-hydroxylation sites is 1. The monoisotopic (exact) mass is 391 g/mol. The smallest absolute Gasteiger partial charge is 0.266 e. The highest BCUT2D eigenvalue weighted by Gasteiger charge is 2.32. The van der Waals surface area contributed by atoms with E-state index in [2.05, 4.69) is 10.1 Å². The number of carbonyl (C=O) groups excluding carboxylic acids is 1. The van der Waals surface area contributed by atoms with Gasteiger partial charge in [-0.3, -0.25) is 19.0 Å². The zero-order chi connectivity index (χ0) is 20.0. The number of fused-ring (bicyclic) bond motifs is 1. The van der Waals surface area contributed by atoms with Crippen LogP contribution < -0.4 is 11.1 Å². The molecule has 2 fully saturated rings. The third kappa shape index (κ3) is 3.46. The molecule has 1 aliphatic heterocycles. The second kappa shape index (κ2) is 6.95. The Morgan fingerprint density at radius 3 is 2.66 bits per heavy atom. The Morgan fingerprint density at radius 1 is 1.07 bits per heavy atom. The standard InChI is InChI=1S/C21H21N5O3/c27-19-8-7-17(15-5-6-15)23-26(19)11-14-9-24(10-14)20(28)12-25-13-22-18-4-2-1-3-16(18)21(25)29/h1-4,7-8,13-15H,5-6,9-12H2. The van der Waals surface area contributed by atoms with Gasteiger partial charge in [-0.25, -0.2) is 9.67 Å². The van der Waals surface area contributed by atoms with Crippen molar-refractivity contribution < 1.29 is 4.79 Å². The summed E-state index contributed by atoms with van der Waals surface area (Å²) in [5.74, 6) is 0.577. The second-order valence-electron chi connectivity index (χ2n) is 7.91. The van der Waals surface area contributed by atoms with E-state index >= 15 is 0 Å². The lowest BCUT2D eigenvalue weighted by Crippen LogP contribution is -2.53. The summed E-state index contributed by atoms with van der Waals surface area (Å²) >= 11 is 0. The zero-order valence-corrected chi connectivity index (χ0v) is 15.9. The van der Waals surface area contributed by atoms with Gasteiger partial charge in [-0.15, -0.1) is 0 Å². The first-order chi connectivity index (χ1) is 14.1. The van der Waals surface area contributed by atoms with Gasteiger partial charge in [0, 0.05) is 31.0 Å². The number of hydrogen-bond acceptors (Lipinski definition) is 5. The molecule has 1 saturated heterocycles. The molecule has 8 nitrogen and oxygen atoms in total. The number of hydrogen-bond donors (Lipinski definition) is 0. The van der Waals surface area contributed by atoms with Crippen LogP contribution >= 0.6 is 0 Å². The van der Waals surface area contributed by atoms with Crippen molar-refractivity contribution in [1.82, 2.24) is 24.2 Å². The van der Waals surface area contributed by atoms with Crippen molar-refractivity contribution in [3.63, 3.8) is 0 Å². The Morgan fingerprint density at radius 2 is 1.86 bits per heavy atom. The minimum Gasteiger partial charge on any atom is -0.340 e. The van der Waals surface area contributed by atoms with Crippen molar-refractivity contribution in [2.24, 2.45) is 5.92 Å². The number of nitrogens with zero attached hydrogens (tertiary/aromatic N) is 5. The van der Waals surface area contributed by atoms with Crippen LogP contribution in [0, 0.1) is 5.92 Å². The molecule has 3 aromatic rings. The molecule has 1 aliphatic carbocycles. The average molecular weight is 391 g/mol. The quantitative estimate of drug-likeness (QED) is 0.647. The van der Waals surface area contributed by atoms with Gasteiger partial charge in [0.15, 0.2) is 0 Å². The first-order valence-corrected chi connectivity index (χ1v) is 9.88. The molecule has 0 spiro atoms. The lowest BCUT2D eigenvalue weighted by molar-refractivity contribution is -0.138. The summed E-state index contributed by atoms with van der Waals surface area (Å²) < 4.78 is 2.88. The van der Waals surface area contributed by atoms with Crippen LogP contribution in [0.15, 0.2) is 52.3 Å². The van der Waals surface area contributed by atoms with Gasteiger partial charge in [0.25, 0.3) is 11.1 Å². The van der Waals surface area contributed by atoms with Gasteiger partial charge in [0.1, 0.15) is 6.54 Å². The van der Waals surface area contributed by atoms with E-state index in [1.807, 2.05) is 12.1 Å². The van der Waals surface area contributed by atoms with Crippen LogP contribution in [0.2, 0.25) is 0 Å². The van der Waals surface area contributed by atoms with Crippen LogP contribution in [0.3, 0.4) is 0 Å². The van der Waals surface area contributed by atoms with Gasteiger partial charge in [-0.2, -0.15) is 5.10 Å². The SMILES string of the molecule is O=C(Cn1cnc2ccccc2c1=O)N1CC(Cn2nc(C3CC3)ccc2=O)C1. The molecule has 3 heterocycles. The van der Waals surface area contributed by atoms with E-state index in [9.17, 15) is 14.4 Å². The van der Waals surface area contributed by atoms with Crippen LogP contribution in [0.4, 0.5) is 0 Å². The first-order valence-electron chi connectivity index (χ1n) is 9.88. The molecule has 1 amide bonds. The predicted molar refractivity (Wildman–Crippen MR) is 107 cm³/mol. The highest BCUT2D eigenvalue weighted by atomic mass is 16.2. The van der Waals surface area contributed by atoms with E-state index < -0.39 is 0 Å². The van der Waals surface area contributed by atoms with Crippen LogP contribution in [0.25, 0.3) is 10.9 Å². The van der Waals surface area contributed by atoms with Crippen molar-refractivity contribution in [3.05, 3.63) is 69.1 Å². The fourth-order valence-electron chi connectivity index (χ4n) is 3.79. The topological polar surface area (TPSA) is 90.1 Å². The summed E-state index contributed by atoms with van der Waals surface area (Å²) in [6, 6.07) is 10.5. The molecule has 2 aromatic heterocycles. The second-order valence-corrected chi connectivity index (χ2v) is 7.91. The Balaban J connectivity index is 1.22. The molecule has 0 unspecified atom stereocenters. The molecule has 0 bridgehead atoms. The van der Waals surface area contributed by atoms with E-state index in [4.69, 9.17) is 0 Å². The Hall–Kier alpha value is -3.29. The zero-order valence-electron chi connectivity index (χ0n) is 15.9. The third-order valence-corrected chi connectivity index (χ3v) is 5.66. The molecule has 0 N–H and O–H groups in total. The Kier molecular flexibility index (Phi) is 4.26. The van der Waals surface area contributed by atoms with Crippen molar-refractivity contribution in [1.29, 1.82) is 0 Å². The molecular weight excluding hydrogens is 370 g/mol. The summed E-state index contributed by atoms with van der Waals surface area (Å²) in [5.41, 5.74) is 1.29. The van der Waals surface area contributed by atoms with Gasteiger partial charge in [-0.05, 0) is 31.0 Å². The van der Waals surface area contributed by atoms with E-state index in [1.165, 1.54) is 15.6 Å². The van der Waals surface area contributed by atoms with Crippen molar-refractivity contribution in [2.75, 3.05) is 13.1 Å². The Labute approximate surface area is 166 Å². The van der Waals surface area contributed by atoms with Crippen LogP contribution in [0.1, 0.15) is 24.5 Å². The van der Waals surface area contributed by atoms with E-state index in [-0.39, 0.29) is 29.5 Å². The first kappa shape index (κ1) is 17.8. The van der Waals surface area contributed by atoms with E-state index in [0.717, 1.165) is 18.5 Å². The molecule has 5 rings (SSSR count). The molecule has 8 heteroatoms. The maximum Gasteiger partial charge on any atom is 0.266 e. The molecule has 148 valence electrons. The number of aromatic nitrogens is 4. The molecule has 0 atom stereocenters. The van der Waals surface area contributed by atoms with Gasteiger partial charge in [0.2, 0.25) is 5.91 Å². The average Bonchev–Trinajstić information content (AvgIpc) is 3.53. The Bertz CT molecular complexity index is 1200. The number of likely N-dealkylation sites (tertiary alicyclic amines) is 1. The maximum atomic E-state index is 12.6. The van der Waals surface area contributed by atoms with Gasteiger partial charge in [-0.1, -0.05) is 12.1 Å². The van der Waals surface area contributed by atoms with Gasteiger partial charge in [0.05, 0.1) is 29.5 Å². The lowest BCUT2D eigenvalue weighted by Gasteiger charge is -2.39. The highest BCUT2D eigenvalue weighted by Crippen LogP contribution is 2.38. The number of rotatable bonds is 5. The summed E-state index contributed by atoms with van der Waals surface area (Å²) in [6.45, 7) is 1.62. The normalized spacial score (nSPS) is 16.8. The van der Waals surface area contributed by atoms with E-state index in [1.54, 1.807) is 29.2 Å². The fraction of sp³-hybridized carbons (Fsp3) is 0.381. The summed E-state index contributed by atoms with van der Waals surface area (Å²) in [5, 5.41) is 4.99. The number of amides is 1. The maximum absolute atomic E-state index is 12.6. The van der Waals surface area contributed by atoms with E-state index in [0.29, 0.717) is 36.5 Å². The van der Waals surface area contributed by atoms with Crippen molar-refractivity contribution in [2.45, 2.75) is 31.8 Å². The molecule has 1 aromatic carbocycles. The van der Waals surface area contributed by atoms with Gasteiger partial charge >= 0.3 is 0 Å². The van der Waals surface area contributed by atoms with Crippen LogP contribution in [0.5, 0.6) is 0 Å². The minimum atomic E-state index is -0.214. The summed E-state index contributed by atoms with van der Waals surface area (Å²) in [4.78, 5) is 43.1. The fourth-order valence-corrected chi connectivity index (χ4v) is 3.79. The molecule has 1 saturated carbocycles. The van der Waals surface area contributed by atoms with Crippen LogP contribution in [-0.4, -0.2) is 43.2 Å². The number of carbonyl (C=O) groups is 1. The summed E-state index contributed by atoms with van der Waals surface area (Å²) in [7, 11) is 0. The van der Waals surface area contributed by atoms with Gasteiger partial charge < -0.3 is 4.90 Å². The molecular formula is C21H21N5O3. The predicted octanol–water partition coefficient (Wildman–Crippen LogP) is 0.989. The molecule has 29 heavy (non-hydrogen) atoms. The van der Waals surface area contributed by atoms with Crippen molar-refractivity contribution >= 4 is 16.8 Å². The number of benzene rings is 1. The highest BCUT2D eigenvalue weighted by molar-refractivity contribution is 5.79. The molecule has 2 aliphatic rings. The largest absolute Gasteiger partial charge is 0.340 e. The summed E-state index contributed by atoms with van der Waals surface area (Å²) in [6.07, 6.45) is 3.70. The third-order valence-electron chi connectivity index (χ3n) is 5.66. The van der Waals surface area contributed by atoms with Crippen molar-refractivity contribution in [3.8, 4) is 0 Å². The lowest BCUT2D eigenvalue weighted by atomic mass is 10.00. The minimum absolute atomic E-state index is 0.0290. The van der Waals surface area contributed by atoms with Crippen LogP contribution in [-0.2, 0) is 17.9 Å². The molecule has 0 radical (unpaired) electrons.